The smallest absolute Gasteiger partial charge is 0.281 e. The monoisotopic (exact) mass is 493 g/mol. The van der Waals surface area contributed by atoms with E-state index in [9.17, 15) is 13.2 Å². The number of carbonyl (C=O) groups excluding carboxylic acids is 1. The van der Waals surface area contributed by atoms with E-state index in [-0.39, 0.29) is 21.8 Å². The van der Waals surface area contributed by atoms with Crippen molar-refractivity contribution >= 4 is 27.6 Å². The van der Waals surface area contributed by atoms with Crippen molar-refractivity contribution in [3.8, 4) is 0 Å². The van der Waals surface area contributed by atoms with Gasteiger partial charge >= 0.3 is 0 Å². The quantitative estimate of drug-likeness (QED) is 0.554. The summed E-state index contributed by atoms with van der Waals surface area (Å²) in [7, 11) is -4.21. The van der Waals surface area contributed by atoms with Gasteiger partial charge in [0.25, 0.3) is 15.9 Å². The topological polar surface area (TPSA) is 118 Å². The Morgan fingerprint density at radius 3 is 2.46 bits per heavy atom. The fourth-order valence-electron chi connectivity index (χ4n) is 4.26. The Morgan fingerprint density at radius 1 is 1.03 bits per heavy atom. The molecule has 1 aromatic carbocycles. The van der Waals surface area contributed by atoms with E-state index in [1.165, 1.54) is 23.8 Å². The van der Waals surface area contributed by atoms with Gasteiger partial charge in [-0.2, -0.15) is 8.42 Å². The van der Waals surface area contributed by atoms with Gasteiger partial charge < -0.3 is 10.6 Å². The van der Waals surface area contributed by atoms with Gasteiger partial charge in [0.1, 0.15) is 11.6 Å². The third-order valence-corrected chi connectivity index (χ3v) is 7.36. The molecule has 35 heavy (non-hydrogen) atoms. The molecule has 1 aliphatic heterocycles. The minimum Gasteiger partial charge on any atom is -0.384 e. The molecule has 4 rings (SSSR count). The van der Waals surface area contributed by atoms with E-state index in [0.717, 1.165) is 25.1 Å². The molecule has 0 spiro atoms. The number of anilines is 2. The van der Waals surface area contributed by atoms with Crippen LogP contribution in [0, 0.1) is 0 Å². The van der Waals surface area contributed by atoms with Crippen LogP contribution in [0.1, 0.15) is 61.1 Å². The second-order valence-corrected chi connectivity index (χ2v) is 11.5. The first kappa shape index (κ1) is 24.7. The summed E-state index contributed by atoms with van der Waals surface area (Å²) in [6, 6.07) is 18.0. The molecule has 0 aliphatic carbocycles. The SMILES string of the molecule is CC(C)(C)c1ccc(C(=O)NS(=O)(=O)c2cccc(N)n2)c(N2CCC[C@H](c3ccccc3)C2)n1. The van der Waals surface area contributed by atoms with Gasteiger partial charge in [-0.1, -0.05) is 57.2 Å². The number of benzene rings is 1. The van der Waals surface area contributed by atoms with Crippen LogP contribution < -0.4 is 15.4 Å². The molecule has 3 aromatic rings. The van der Waals surface area contributed by atoms with Gasteiger partial charge in [0.05, 0.1) is 5.56 Å². The summed E-state index contributed by atoms with van der Waals surface area (Å²) in [6.07, 6.45) is 1.98. The van der Waals surface area contributed by atoms with Crippen LogP contribution >= 0.6 is 0 Å². The van der Waals surface area contributed by atoms with Crippen LogP contribution in [0.15, 0.2) is 65.7 Å². The first-order valence-corrected chi connectivity index (χ1v) is 13.1. The zero-order valence-corrected chi connectivity index (χ0v) is 21.0. The maximum absolute atomic E-state index is 13.3. The lowest BCUT2D eigenvalue weighted by Gasteiger charge is -2.35. The molecule has 1 atom stereocenters. The summed E-state index contributed by atoms with van der Waals surface area (Å²) < 4.78 is 27.8. The molecular formula is C26H31N5O3S. The van der Waals surface area contributed by atoms with Crippen molar-refractivity contribution in [3.63, 3.8) is 0 Å². The number of nitrogens with two attached hydrogens (primary N) is 1. The number of carbonyl (C=O) groups is 1. The van der Waals surface area contributed by atoms with Gasteiger partial charge in [0, 0.05) is 30.1 Å². The third kappa shape index (κ3) is 5.62. The molecule has 8 nitrogen and oxygen atoms in total. The highest BCUT2D eigenvalue weighted by Gasteiger charge is 2.29. The second kappa shape index (κ2) is 9.65. The zero-order valence-electron chi connectivity index (χ0n) is 20.2. The van der Waals surface area contributed by atoms with E-state index in [2.05, 4.69) is 47.5 Å². The highest BCUT2D eigenvalue weighted by atomic mass is 32.2. The molecular weight excluding hydrogens is 462 g/mol. The predicted octanol–water partition coefficient (Wildman–Crippen LogP) is 3.86. The highest BCUT2D eigenvalue weighted by molar-refractivity contribution is 7.90. The van der Waals surface area contributed by atoms with Crippen molar-refractivity contribution in [1.82, 2.24) is 14.7 Å². The van der Waals surface area contributed by atoms with Gasteiger partial charge in [-0.3, -0.25) is 4.79 Å². The van der Waals surface area contributed by atoms with Crippen LogP contribution in [0.2, 0.25) is 0 Å². The highest BCUT2D eigenvalue weighted by Crippen LogP contribution is 2.32. The van der Waals surface area contributed by atoms with E-state index in [4.69, 9.17) is 10.7 Å². The fraction of sp³-hybridized carbons (Fsp3) is 0.346. The molecule has 1 saturated heterocycles. The third-order valence-electron chi connectivity index (χ3n) is 6.13. The lowest BCUT2D eigenvalue weighted by Crippen LogP contribution is -2.38. The summed E-state index contributed by atoms with van der Waals surface area (Å²) in [5, 5.41) is -0.311. The molecule has 9 heteroatoms. The van der Waals surface area contributed by atoms with Crippen molar-refractivity contribution in [3.05, 3.63) is 77.5 Å². The lowest BCUT2D eigenvalue weighted by atomic mass is 9.89. The van der Waals surface area contributed by atoms with Gasteiger partial charge in [0.15, 0.2) is 5.03 Å². The largest absolute Gasteiger partial charge is 0.384 e. The summed E-state index contributed by atoms with van der Waals surface area (Å²) in [6.45, 7) is 7.58. The van der Waals surface area contributed by atoms with E-state index >= 15 is 0 Å². The number of pyridine rings is 2. The Kier molecular flexibility index (Phi) is 6.80. The number of rotatable bonds is 5. The molecule has 3 heterocycles. The van der Waals surface area contributed by atoms with Gasteiger partial charge in [-0.15, -0.1) is 0 Å². The van der Waals surface area contributed by atoms with Crippen molar-refractivity contribution in [2.45, 2.75) is 50.0 Å². The number of hydrogen-bond acceptors (Lipinski definition) is 7. The van der Waals surface area contributed by atoms with Crippen LogP contribution in [-0.4, -0.2) is 37.4 Å². The van der Waals surface area contributed by atoms with Gasteiger partial charge in [-0.25, -0.2) is 14.7 Å². The summed E-state index contributed by atoms with van der Waals surface area (Å²) in [5.41, 5.74) is 7.67. The number of piperidine rings is 1. The minimum atomic E-state index is -4.21. The number of hydrogen-bond donors (Lipinski definition) is 2. The molecule has 1 amide bonds. The van der Waals surface area contributed by atoms with E-state index < -0.39 is 15.9 Å². The number of amides is 1. The van der Waals surface area contributed by atoms with Gasteiger partial charge in [0.2, 0.25) is 0 Å². The predicted molar refractivity (Wildman–Crippen MR) is 137 cm³/mol. The second-order valence-electron chi connectivity index (χ2n) is 9.85. The molecule has 184 valence electrons. The first-order chi connectivity index (χ1) is 16.5. The number of sulfonamides is 1. The van der Waals surface area contributed by atoms with Crippen molar-refractivity contribution < 1.29 is 13.2 Å². The summed E-state index contributed by atoms with van der Waals surface area (Å²) >= 11 is 0. The molecule has 1 aliphatic rings. The van der Waals surface area contributed by atoms with Crippen LogP contribution in [-0.2, 0) is 15.4 Å². The Morgan fingerprint density at radius 2 is 1.77 bits per heavy atom. The summed E-state index contributed by atoms with van der Waals surface area (Å²) in [4.78, 5) is 24.1. The first-order valence-electron chi connectivity index (χ1n) is 11.7. The summed E-state index contributed by atoms with van der Waals surface area (Å²) in [5.74, 6) is 0.0870. The average Bonchev–Trinajstić information content (AvgIpc) is 2.83. The number of nitrogens with zero attached hydrogens (tertiary/aromatic N) is 3. The van der Waals surface area contributed by atoms with Crippen LogP contribution in [0.3, 0.4) is 0 Å². The molecule has 0 saturated carbocycles. The van der Waals surface area contributed by atoms with E-state index in [1.54, 1.807) is 12.1 Å². The Hall–Kier alpha value is -3.46. The molecule has 2 aromatic heterocycles. The van der Waals surface area contributed by atoms with Crippen LogP contribution in [0.4, 0.5) is 11.6 Å². The average molecular weight is 494 g/mol. The number of aromatic nitrogens is 2. The normalized spacial score (nSPS) is 16.7. The Balaban J connectivity index is 1.69. The Bertz CT molecular complexity index is 1320. The molecule has 0 unspecified atom stereocenters. The number of nitrogen functional groups attached to an aromatic ring is 1. The van der Waals surface area contributed by atoms with Crippen molar-refractivity contribution in [2.75, 3.05) is 23.7 Å². The maximum atomic E-state index is 13.3. The molecule has 3 N–H and O–H groups in total. The molecule has 0 radical (unpaired) electrons. The standard InChI is InChI=1S/C26H31N5O3S/c1-26(2,3)21-15-14-20(25(32)30-35(33,34)23-13-7-12-22(27)29-23)24(28-21)31-16-8-11-19(17-31)18-9-5-4-6-10-18/h4-7,9-10,12-15,19H,8,11,16-17H2,1-3H3,(H2,27,29)(H,30,32)/t19-/m0/s1. The Labute approximate surface area is 206 Å². The van der Waals surface area contributed by atoms with Gasteiger partial charge in [-0.05, 0) is 42.7 Å². The van der Waals surface area contributed by atoms with Crippen LogP contribution in [0.25, 0.3) is 0 Å². The number of nitrogens with one attached hydrogen (secondary N) is 1. The van der Waals surface area contributed by atoms with E-state index in [1.807, 2.05) is 18.2 Å². The fourth-order valence-corrected chi connectivity index (χ4v) is 5.20. The van der Waals surface area contributed by atoms with Crippen molar-refractivity contribution in [1.29, 1.82) is 0 Å². The van der Waals surface area contributed by atoms with Crippen LogP contribution in [0.5, 0.6) is 0 Å². The van der Waals surface area contributed by atoms with Crippen molar-refractivity contribution in [2.24, 2.45) is 0 Å². The zero-order chi connectivity index (χ0) is 25.2. The molecule has 0 bridgehead atoms. The lowest BCUT2D eigenvalue weighted by molar-refractivity contribution is 0.0981. The van der Waals surface area contributed by atoms with E-state index in [0.29, 0.717) is 18.3 Å². The molecule has 1 fully saturated rings. The minimum absolute atomic E-state index is 0.0532. The maximum Gasteiger partial charge on any atom is 0.281 e.